The van der Waals surface area contributed by atoms with Crippen LogP contribution in [0.4, 0.5) is 18.0 Å². The molecule has 1 unspecified atom stereocenters. The monoisotopic (exact) mass is 580 g/mol. The lowest BCUT2D eigenvalue weighted by molar-refractivity contribution is 0.0560. The summed E-state index contributed by atoms with van der Waals surface area (Å²) >= 11 is 7.69. The Bertz CT molecular complexity index is 1410. The van der Waals surface area contributed by atoms with E-state index < -0.39 is 30.1 Å². The van der Waals surface area contributed by atoms with Crippen LogP contribution >= 0.6 is 22.9 Å². The molecule has 0 bridgehead atoms. The van der Waals surface area contributed by atoms with Crippen LogP contribution in [-0.2, 0) is 9.47 Å². The molecular weight excluding hydrogens is 561 g/mol. The normalized spacial score (nSPS) is 20.8. The van der Waals surface area contributed by atoms with Crippen LogP contribution in [0.25, 0.3) is 10.4 Å². The Kier molecular flexibility index (Phi) is 8.43. The van der Waals surface area contributed by atoms with Crippen LogP contribution in [0.5, 0.6) is 0 Å². The highest BCUT2D eigenvalue weighted by Crippen LogP contribution is 2.47. The second-order valence-corrected chi connectivity index (χ2v) is 9.65. The molecule has 2 atom stereocenters. The number of thiazole rings is 1. The fourth-order valence-electron chi connectivity index (χ4n) is 4.38. The average molecular weight is 581 g/mol. The fraction of sp³-hybridized carbons (Fsp3) is 0.304. The van der Waals surface area contributed by atoms with Crippen LogP contribution in [-0.4, -0.2) is 60.4 Å². The van der Waals surface area contributed by atoms with E-state index in [9.17, 15) is 23.5 Å². The second-order valence-electron chi connectivity index (χ2n) is 8.35. The first-order valence-corrected chi connectivity index (χ1v) is 12.4. The van der Waals surface area contributed by atoms with Gasteiger partial charge in [-0.3, -0.25) is 4.99 Å². The van der Waals surface area contributed by atoms with E-state index in [0.29, 0.717) is 22.1 Å². The number of carbonyl (C=O) groups excluding carboxylic acids is 1. The average Bonchev–Trinajstić information content (AvgIpc) is 3.56. The molecule has 0 radical (unpaired) electrons. The minimum atomic E-state index is -2.92. The molecule has 0 spiro atoms. The molecule has 2 aromatic rings. The maximum absolute atomic E-state index is 13.9. The zero-order valence-electron chi connectivity index (χ0n) is 20.1. The van der Waals surface area contributed by atoms with Gasteiger partial charge in [-0.25, -0.2) is 14.2 Å². The number of nitrogens with one attached hydrogen (secondary N) is 2. The lowest BCUT2D eigenvalue weighted by atomic mass is 9.88. The number of rotatable bonds is 9. The first kappa shape index (κ1) is 28.0. The lowest BCUT2D eigenvalue weighted by Gasteiger charge is -2.33. The molecule has 204 valence electrons. The quantitative estimate of drug-likeness (QED) is 0.0988. The topological polar surface area (TPSA) is 149 Å². The molecule has 0 saturated carbocycles. The van der Waals surface area contributed by atoms with E-state index in [1.54, 1.807) is 16.5 Å². The third-order valence-corrected chi connectivity index (χ3v) is 7.06. The fourth-order valence-corrected chi connectivity index (χ4v) is 5.29. The van der Waals surface area contributed by atoms with Gasteiger partial charge < -0.3 is 25.1 Å². The molecule has 3 heterocycles. The number of nitrogens with zero attached hydrogens (tertiary/aromatic N) is 6. The molecule has 2 aliphatic heterocycles. The number of aromatic nitrogens is 1. The molecule has 4 rings (SSSR count). The van der Waals surface area contributed by atoms with Crippen molar-refractivity contribution >= 4 is 41.1 Å². The smallest absolute Gasteiger partial charge is 0.438 e. The van der Waals surface area contributed by atoms with Gasteiger partial charge in [-0.05, 0) is 23.2 Å². The van der Waals surface area contributed by atoms with Gasteiger partial charge in [0.15, 0.2) is 10.8 Å². The van der Waals surface area contributed by atoms with E-state index in [0.717, 1.165) is 25.6 Å². The summed E-state index contributed by atoms with van der Waals surface area (Å²) in [6.45, 7) is -3.32. The summed E-state index contributed by atoms with van der Waals surface area (Å²) < 4.78 is 49.8. The predicted octanol–water partition coefficient (Wildman–Crippen LogP) is 5.57. The zero-order valence-corrected chi connectivity index (χ0v) is 21.7. The van der Waals surface area contributed by atoms with Crippen molar-refractivity contribution in [3.63, 3.8) is 0 Å². The van der Waals surface area contributed by atoms with Gasteiger partial charge in [-0.15, -0.1) is 11.3 Å². The number of aliphatic imine (C=N–C) groups is 1. The third-order valence-electron chi connectivity index (χ3n) is 5.96. The van der Waals surface area contributed by atoms with E-state index in [-0.39, 0.29) is 35.7 Å². The summed E-state index contributed by atoms with van der Waals surface area (Å²) in [5, 5.41) is 16.1. The van der Waals surface area contributed by atoms with Crippen LogP contribution in [0.2, 0.25) is 5.02 Å². The highest BCUT2D eigenvalue weighted by Gasteiger charge is 2.48. The molecule has 1 aromatic carbocycles. The summed E-state index contributed by atoms with van der Waals surface area (Å²) in [5.41, 5.74) is 9.10. The van der Waals surface area contributed by atoms with Crippen molar-refractivity contribution in [1.82, 2.24) is 15.2 Å². The van der Waals surface area contributed by atoms with E-state index in [1.807, 2.05) is 5.32 Å². The largest absolute Gasteiger partial charge is 0.507 e. The maximum atomic E-state index is 13.9. The van der Waals surface area contributed by atoms with Crippen LogP contribution < -0.4 is 5.32 Å². The number of azide groups is 1. The van der Waals surface area contributed by atoms with Gasteiger partial charge in [0.25, 0.3) is 0 Å². The summed E-state index contributed by atoms with van der Waals surface area (Å²) in [7, 11) is 1.13. The number of methoxy groups -OCH3 is 1. The minimum absolute atomic E-state index is 0.0215. The number of halogens is 4. The van der Waals surface area contributed by atoms with Crippen molar-refractivity contribution in [2.45, 2.75) is 24.6 Å². The second kappa shape index (κ2) is 11.8. The van der Waals surface area contributed by atoms with Gasteiger partial charge in [0.2, 0.25) is 0 Å². The molecule has 0 amide bonds. The van der Waals surface area contributed by atoms with E-state index in [1.165, 1.54) is 23.5 Å². The zero-order chi connectivity index (χ0) is 28.2. The van der Waals surface area contributed by atoms with Crippen LogP contribution in [0, 0.1) is 11.2 Å². The summed E-state index contributed by atoms with van der Waals surface area (Å²) in [5.74, 6) is -0.252. The Balaban J connectivity index is 1.97. The number of carbonyl (C=O) groups is 1. The predicted molar refractivity (Wildman–Crippen MR) is 137 cm³/mol. The van der Waals surface area contributed by atoms with Gasteiger partial charge in [0, 0.05) is 63.7 Å². The standard InChI is InChI=1S/C23H20ClF3N8O3S/c1-37-22(36)38-11-23(33-34-29)7-16-17(12(8-28)9-31-21(26)27)18(14-3-2-13(25)6-15(14)24)32-19(35(16)10-23)20-30-4-5-39-20/h2-6,8-9,18,21,28,31H,7,10-11H2,1H3/b12-9+,28-8?/t18-,23?/m0/s1. The van der Waals surface area contributed by atoms with Gasteiger partial charge >= 0.3 is 12.7 Å². The first-order valence-electron chi connectivity index (χ1n) is 11.2. The van der Waals surface area contributed by atoms with Crippen molar-refractivity contribution in [3.8, 4) is 0 Å². The first-order chi connectivity index (χ1) is 18.7. The van der Waals surface area contributed by atoms with Crippen molar-refractivity contribution in [2.75, 3.05) is 20.3 Å². The molecule has 1 saturated heterocycles. The van der Waals surface area contributed by atoms with Gasteiger partial charge in [-0.1, -0.05) is 22.8 Å². The highest BCUT2D eigenvalue weighted by atomic mass is 35.5. The number of hydrogen-bond acceptors (Lipinski definition) is 10. The van der Waals surface area contributed by atoms with E-state index in [2.05, 4.69) is 19.7 Å². The van der Waals surface area contributed by atoms with Gasteiger partial charge in [0.05, 0.1) is 7.11 Å². The summed E-state index contributed by atoms with van der Waals surface area (Å²) in [6.07, 6.45) is 2.36. The van der Waals surface area contributed by atoms with Crippen molar-refractivity contribution in [2.24, 2.45) is 10.1 Å². The Hall–Kier alpha value is -4.07. The number of amidine groups is 1. The third kappa shape index (κ3) is 5.85. The molecule has 2 aliphatic rings. The summed E-state index contributed by atoms with van der Waals surface area (Å²) in [4.78, 5) is 25.6. The highest BCUT2D eigenvalue weighted by molar-refractivity contribution is 7.11. The van der Waals surface area contributed by atoms with Gasteiger partial charge in [0.1, 0.15) is 24.0 Å². The van der Waals surface area contributed by atoms with E-state index in [4.69, 9.17) is 26.7 Å². The van der Waals surface area contributed by atoms with Gasteiger partial charge in [-0.2, -0.15) is 8.78 Å². The molecular formula is C23H20ClF3N8O3S. The van der Waals surface area contributed by atoms with Crippen LogP contribution in [0.3, 0.4) is 0 Å². The molecule has 39 heavy (non-hydrogen) atoms. The number of ether oxygens (including phenoxy) is 2. The number of fused-ring (bicyclic) bond motifs is 1. The van der Waals surface area contributed by atoms with Crippen molar-refractivity contribution < 1.29 is 27.4 Å². The Morgan fingerprint density at radius 1 is 1.51 bits per heavy atom. The molecule has 2 N–H and O–H groups in total. The lowest BCUT2D eigenvalue weighted by Crippen LogP contribution is -2.40. The van der Waals surface area contributed by atoms with E-state index >= 15 is 0 Å². The number of benzene rings is 1. The maximum Gasteiger partial charge on any atom is 0.507 e. The van der Waals surface area contributed by atoms with Crippen LogP contribution in [0.1, 0.15) is 23.0 Å². The molecule has 16 heteroatoms. The number of alkyl halides is 2. The Morgan fingerprint density at radius 3 is 2.92 bits per heavy atom. The number of hydrogen-bond donors (Lipinski definition) is 2. The Morgan fingerprint density at radius 2 is 2.31 bits per heavy atom. The molecule has 11 nitrogen and oxygen atoms in total. The van der Waals surface area contributed by atoms with Crippen LogP contribution in [0.15, 0.2) is 62.9 Å². The SMILES string of the molecule is COC(=O)OCC1(N=[N+]=[N-])CC2=C(/C(C=N)=C/NC(F)F)[C@H](c3ccc(F)cc3Cl)N=C(c3nccs3)N2C1. The van der Waals surface area contributed by atoms with Crippen molar-refractivity contribution in [1.29, 1.82) is 5.41 Å². The summed E-state index contributed by atoms with van der Waals surface area (Å²) in [6, 6.07) is 2.71. The van der Waals surface area contributed by atoms with Crippen molar-refractivity contribution in [3.05, 3.63) is 84.7 Å². The molecule has 1 aromatic heterocycles. The molecule has 0 aliphatic carbocycles. The minimum Gasteiger partial charge on any atom is -0.438 e. The molecule has 1 fully saturated rings. The Labute approximate surface area is 228 Å².